The van der Waals surface area contributed by atoms with Gasteiger partial charge in [0.05, 0.1) is 20.3 Å². The van der Waals surface area contributed by atoms with Gasteiger partial charge < -0.3 is 19.5 Å². The van der Waals surface area contributed by atoms with Crippen LogP contribution in [-0.2, 0) is 14.3 Å². The largest absolute Gasteiger partial charge is 0.497 e. The number of hydrogen-bond donors (Lipinski definition) is 1. The smallest absolute Gasteiger partial charge is 0.334 e. The molecule has 1 fully saturated rings. The van der Waals surface area contributed by atoms with Crippen molar-refractivity contribution in [2.75, 3.05) is 32.2 Å². The molecule has 5 nitrogen and oxygen atoms in total. The summed E-state index contributed by atoms with van der Waals surface area (Å²) in [5.41, 5.74) is 0.0624. The minimum absolute atomic E-state index is 0.254. The molecule has 1 N–H and O–H groups in total. The SMILES string of the molecule is CCOC(=O)C1(Nc2ccc(OC)cc2)CCCOC1. The molecule has 0 aliphatic carbocycles. The zero-order chi connectivity index (χ0) is 14.4. The molecule has 1 aliphatic rings. The molecule has 1 aliphatic heterocycles. The summed E-state index contributed by atoms with van der Waals surface area (Å²) in [6.45, 7) is 3.19. The van der Waals surface area contributed by atoms with Crippen LogP contribution in [-0.4, -0.2) is 38.4 Å². The second-order valence-corrected chi connectivity index (χ2v) is 4.81. The van der Waals surface area contributed by atoms with E-state index in [2.05, 4.69) is 5.32 Å². The first kappa shape index (κ1) is 14.7. The maximum absolute atomic E-state index is 12.3. The van der Waals surface area contributed by atoms with E-state index >= 15 is 0 Å². The van der Waals surface area contributed by atoms with Crippen LogP contribution in [0.3, 0.4) is 0 Å². The van der Waals surface area contributed by atoms with E-state index in [1.165, 1.54) is 0 Å². The molecule has 1 saturated heterocycles. The molecule has 1 aromatic carbocycles. The molecule has 1 heterocycles. The average molecular weight is 279 g/mol. The van der Waals surface area contributed by atoms with Crippen molar-refractivity contribution in [2.45, 2.75) is 25.3 Å². The normalized spacial score (nSPS) is 22.1. The van der Waals surface area contributed by atoms with Crippen molar-refractivity contribution < 1.29 is 19.0 Å². The molecule has 110 valence electrons. The average Bonchev–Trinajstić information content (AvgIpc) is 2.49. The van der Waals surface area contributed by atoms with E-state index in [1.54, 1.807) is 7.11 Å². The number of rotatable bonds is 5. The predicted octanol–water partition coefficient (Wildman–Crippen LogP) is 2.22. The van der Waals surface area contributed by atoms with Crippen LogP contribution in [0.4, 0.5) is 5.69 Å². The Morgan fingerprint density at radius 1 is 1.40 bits per heavy atom. The minimum Gasteiger partial charge on any atom is -0.497 e. The fourth-order valence-corrected chi connectivity index (χ4v) is 2.33. The number of hydrogen-bond acceptors (Lipinski definition) is 5. The van der Waals surface area contributed by atoms with Gasteiger partial charge >= 0.3 is 5.97 Å². The van der Waals surface area contributed by atoms with Gasteiger partial charge in [-0.1, -0.05) is 0 Å². The molecule has 5 heteroatoms. The lowest BCUT2D eigenvalue weighted by molar-refractivity contribution is -0.153. The van der Waals surface area contributed by atoms with E-state index in [9.17, 15) is 4.79 Å². The summed E-state index contributed by atoms with van der Waals surface area (Å²) in [5.74, 6) is 0.524. The first-order valence-electron chi connectivity index (χ1n) is 6.87. The highest BCUT2D eigenvalue weighted by molar-refractivity contribution is 5.85. The summed E-state index contributed by atoms with van der Waals surface area (Å²) in [7, 11) is 1.62. The molecular formula is C15H21NO4. The number of carbonyl (C=O) groups excluding carboxylic acids is 1. The molecule has 1 atom stereocenters. The third-order valence-electron chi connectivity index (χ3n) is 3.38. The van der Waals surface area contributed by atoms with Crippen molar-refractivity contribution in [3.8, 4) is 5.75 Å². The molecule has 0 spiro atoms. The van der Waals surface area contributed by atoms with Crippen LogP contribution in [0.25, 0.3) is 0 Å². The Kier molecular flexibility index (Phi) is 4.84. The maximum Gasteiger partial charge on any atom is 0.334 e. The highest BCUT2D eigenvalue weighted by atomic mass is 16.5. The van der Waals surface area contributed by atoms with Gasteiger partial charge in [-0.05, 0) is 44.0 Å². The number of carbonyl (C=O) groups is 1. The quantitative estimate of drug-likeness (QED) is 0.838. The molecule has 0 bridgehead atoms. The van der Waals surface area contributed by atoms with Crippen LogP contribution in [0.5, 0.6) is 5.75 Å². The third kappa shape index (κ3) is 3.22. The number of nitrogens with one attached hydrogen (secondary N) is 1. The molecule has 2 rings (SSSR count). The molecule has 0 amide bonds. The van der Waals surface area contributed by atoms with Gasteiger partial charge in [-0.2, -0.15) is 0 Å². The first-order valence-corrected chi connectivity index (χ1v) is 6.87. The first-order chi connectivity index (χ1) is 9.70. The van der Waals surface area contributed by atoms with Gasteiger partial charge in [0.1, 0.15) is 5.75 Å². The van der Waals surface area contributed by atoms with Crippen LogP contribution in [0, 0.1) is 0 Å². The molecular weight excluding hydrogens is 258 g/mol. The van der Waals surface area contributed by atoms with Crippen molar-refractivity contribution in [2.24, 2.45) is 0 Å². The van der Waals surface area contributed by atoms with Crippen molar-refractivity contribution in [1.29, 1.82) is 0 Å². The third-order valence-corrected chi connectivity index (χ3v) is 3.38. The fraction of sp³-hybridized carbons (Fsp3) is 0.533. The highest BCUT2D eigenvalue weighted by Gasteiger charge is 2.42. The van der Waals surface area contributed by atoms with Gasteiger partial charge in [-0.3, -0.25) is 0 Å². The van der Waals surface area contributed by atoms with Gasteiger partial charge in [-0.15, -0.1) is 0 Å². The monoisotopic (exact) mass is 279 g/mol. The number of benzene rings is 1. The highest BCUT2D eigenvalue weighted by Crippen LogP contribution is 2.27. The summed E-state index contributed by atoms with van der Waals surface area (Å²) in [6, 6.07) is 7.47. The summed E-state index contributed by atoms with van der Waals surface area (Å²) in [4.78, 5) is 12.3. The Morgan fingerprint density at radius 3 is 2.70 bits per heavy atom. The minimum atomic E-state index is -0.789. The second kappa shape index (κ2) is 6.61. The van der Waals surface area contributed by atoms with Crippen LogP contribution in [0.15, 0.2) is 24.3 Å². The molecule has 20 heavy (non-hydrogen) atoms. The van der Waals surface area contributed by atoms with Gasteiger partial charge in [0.15, 0.2) is 5.54 Å². The van der Waals surface area contributed by atoms with Crippen molar-refractivity contribution in [1.82, 2.24) is 0 Å². The lowest BCUT2D eigenvalue weighted by Gasteiger charge is -2.36. The van der Waals surface area contributed by atoms with Gasteiger partial charge in [0.2, 0.25) is 0 Å². The zero-order valence-corrected chi connectivity index (χ0v) is 12.0. The zero-order valence-electron chi connectivity index (χ0n) is 12.0. The van der Waals surface area contributed by atoms with Gasteiger partial charge in [0, 0.05) is 12.3 Å². The molecule has 0 saturated carbocycles. The molecule has 1 unspecified atom stereocenters. The summed E-state index contributed by atoms with van der Waals surface area (Å²) < 4.78 is 15.8. The fourth-order valence-electron chi connectivity index (χ4n) is 2.33. The topological polar surface area (TPSA) is 56.8 Å². The Labute approximate surface area is 119 Å². The van der Waals surface area contributed by atoms with E-state index in [4.69, 9.17) is 14.2 Å². The van der Waals surface area contributed by atoms with Gasteiger partial charge in [0.25, 0.3) is 0 Å². The Bertz CT molecular complexity index is 438. The number of methoxy groups -OCH3 is 1. The number of ether oxygens (including phenoxy) is 3. The van der Waals surface area contributed by atoms with Crippen LogP contribution in [0.2, 0.25) is 0 Å². The van der Waals surface area contributed by atoms with Crippen LogP contribution < -0.4 is 10.1 Å². The number of esters is 1. The summed E-state index contributed by atoms with van der Waals surface area (Å²) >= 11 is 0. The summed E-state index contributed by atoms with van der Waals surface area (Å²) in [5, 5.41) is 3.28. The van der Waals surface area contributed by atoms with Crippen molar-refractivity contribution in [3.05, 3.63) is 24.3 Å². The molecule has 0 radical (unpaired) electrons. The van der Waals surface area contributed by atoms with E-state index in [1.807, 2.05) is 31.2 Å². The standard InChI is InChI=1S/C15H21NO4/c1-3-20-14(17)15(9-4-10-19-11-15)16-12-5-7-13(18-2)8-6-12/h5-8,16H,3-4,9-11H2,1-2H3. The van der Waals surface area contributed by atoms with E-state index in [0.717, 1.165) is 17.9 Å². The maximum atomic E-state index is 12.3. The Hall–Kier alpha value is -1.75. The summed E-state index contributed by atoms with van der Waals surface area (Å²) in [6.07, 6.45) is 1.54. The van der Waals surface area contributed by atoms with E-state index in [0.29, 0.717) is 26.2 Å². The van der Waals surface area contributed by atoms with E-state index < -0.39 is 5.54 Å². The lowest BCUT2D eigenvalue weighted by atomic mass is 9.92. The number of anilines is 1. The van der Waals surface area contributed by atoms with E-state index in [-0.39, 0.29) is 5.97 Å². The molecule has 1 aromatic rings. The lowest BCUT2D eigenvalue weighted by Crippen LogP contribution is -2.53. The van der Waals surface area contributed by atoms with Crippen LogP contribution >= 0.6 is 0 Å². The second-order valence-electron chi connectivity index (χ2n) is 4.81. The molecule has 0 aromatic heterocycles. The Balaban J connectivity index is 2.15. The van der Waals surface area contributed by atoms with Crippen molar-refractivity contribution >= 4 is 11.7 Å². The van der Waals surface area contributed by atoms with Gasteiger partial charge in [-0.25, -0.2) is 4.79 Å². The van der Waals surface area contributed by atoms with Crippen LogP contribution in [0.1, 0.15) is 19.8 Å². The Morgan fingerprint density at radius 2 is 2.15 bits per heavy atom. The predicted molar refractivity (Wildman–Crippen MR) is 76.0 cm³/mol. The van der Waals surface area contributed by atoms with Crippen molar-refractivity contribution in [3.63, 3.8) is 0 Å².